The predicted molar refractivity (Wildman–Crippen MR) is 63.2 cm³/mol. The van der Waals surface area contributed by atoms with Crippen molar-refractivity contribution >= 4 is 21.9 Å². The van der Waals surface area contributed by atoms with Crippen molar-refractivity contribution in [3.05, 3.63) is 46.1 Å². The Bertz CT molecular complexity index is 883. The minimum atomic E-state index is -1.33. The number of phenols is 2. The Morgan fingerprint density at radius 3 is 2.47 bits per heavy atom. The van der Waals surface area contributed by atoms with Crippen LogP contribution >= 0.6 is 0 Å². The van der Waals surface area contributed by atoms with Crippen molar-refractivity contribution in [2.75, 3.05) is 0 Å². The zero-order chi connectivity index (χ0) is 13.7. The Hall–Kier alpha value is -2.63. The minimum absolute atomic E-state index is 0.110. The second kappa shape index (κ2) is 3.68. The van der Waals surface area contributed by atoms with Crippen molar-refractivity contribution in [2.24, 2.45) is 0 Å². The molecule has 0 atom stereocenters. The fourth-order valence-corrected chi connectivity index (χ4v) is 1.97. The van der Waals surface area contributed by atoms with Crippen LogP contribution in [0, 0.1) is 11.6 Å². The molecule has 3 rings (SSSR count). The Labute approximate surface area is 104 Å². The molecule has 0 saturated carbocycles. The lowest BCUT2D eigenvalue weighted by Gasteiger charge is -2.04. The summed E-state index contributed by atoms with van der Waals surface area (Å²) < 4.78 is 32.0. The molecule has 0 aliphatic rings. The van der Waals surface area contributed by atoms with Crippen LogP contribution in [0.25, 0.3) is 21.9 Å². The molecular weight excluding hydrogens is 258 g/mol. The lowest BCUT2D eigenvalue weighted by Crippen LogP contribution is -2.05. The van der Waals surface area contributed by atoms with Gasteiger partial charge in [0, 0.05) is 12.1 Å². The molecule has 4 nitrogen and oxygen atoms in total. The van der Waals surface area contributed by atoms with Crippen LogP contribution in [0.4, 0.5) is 8.78 Å². The largest absolute Gasteiger partial charge is 0.508 e. The van der Waals surface area contributed by atoms with E-state index in [0.29, 0.717) is 0 Å². The van der Waals surface area contributed by atoms with E-state index in [2.05, 4.69) is 0 Å². The van der Waals surface area contributed by atoms with Crippen molar-refractivity contribution < 1.29 is 23.4 Å². The van der Waals surface area contributed by atoms with Gasteiger partial charge in [-0.15, -0.1) is 0 Å². The maximum Gasteiger partial charge on any atom is 0.207 e. The smallest absolute Gasteiger partial charge is 0.207 e. The first-order valence-corrected chi connectivity index (χ1v) is 5.25. The Morgan fingerprint density at radius 2 is 1.74 bits per heavy atom. The molecule has 96 valence electrons. The molecule has 2 N–H and O–H groups in total. The average Bonchev–Trinajstić information content (AvgIpc) is 2.32. The lowest BCUT2D eigenvalue weighted by atomic mass is 10.1. The van der Waals surface area contributed by atoms with Crippen LogP contribution < -0.4 is 5.43 Å². The van der Waals surface area contributed by atoms with E-state index in [-0.39, 0.29) is 22.3 Å². The third kappa shape index (κ3) is 1.53. The second-order valence-electron chi connectivity index (χ2n) is 4.00. The van der Waals surface area contributed by atoms with E-state index in [0.717, 1.165) is 24.3 Å². The van der Waals surface area contributed by atoms with Crippen molar-refractivity contribution in [2.45, 2.75) is 0 Å². The van der Waals surface area contributed by atoms with Gasteiger partial charge in [0.2, 0.25) is 5.43 Å². The van der Waals surface area contributed by atoms with Gasteiger partial charge in [-0.2, -0.15) is 0 Å². The monoisotopic (exact) mass is 264 g/mol. The summed E-state index contributed by atoms with van der Waals surface area (Å²) in [5.74, 6) is -3.39. The van der Waals surface area contributed by atoms with E-state index in [1.165, 1.54) is 0 Å². The maximum absolute atomic E-state index is 13.6. The van der Waals surface area contributed by atoms with Gasteiger partial charge >= 0.3 is 0 Å². The van der Waals surface area contributed by atoms with E-state index in [9.17, 15) is 23.8 Å². The van der Waals surface area contributed by atoms with Gasteiger partial charge in [-0.05, 0) is 12.1 Å². The molecule has 1 aromatic heterocycles. The summed E-state index contributed by atoms with van der Waals surface area (Å²) in [5.41, 5.74) is -1.17. The van der Waals surface area contributed by atoms with Gasteiger partial charge in [0.05, 0.1) is 0 Å². The summed E-state index contributed by atoms with van der Waals surface area (Å²) >= 11 is 0. The molecule has 0 spiro atoms. The molecule has 0 bridgehead atoms. The SMILES string of the molecule is O=c1c2c(O)cc(O)cc2oc2ccc(F)c(F)c12. The van der Waals surface area contributed by atoms with Crippen LogP contribution in [0.2, 0.25) is 0 Å². The quantitative estimate of drug-likeness (QED) is 0.612. The van der Waals surface area contributed by atoms with Gasteiger partial charge in [-0.25, -0.2) is 8.78 Å². The molecule has 19 heavy (non-hydrogen) atoms. The number of hydrogen-bond donors (Lipinski definition) is 2. The van der Waals surface area contributed by atoms with Crippen LogP contribution in [0.15, 0.2) is 33.5 Å². The zero-order valence-corrected chi connectivity index (χ0v) is 9.28. The predicted octanol–water partition coefficient (Wildman–Crippen LogP) is 2.64. The van der Waals surface area contributed by atoms with E-state index in [1.807, 2.05) is 0 Å². The molecule has 1 heterocycles. The summed E-state index contributed by atoms with van der Waals surface area (Å²) in [5, 5.41) is 18.0. The summed E-state index contributed by atoms with van der Waals surface area (Å²) in [6, 6.07) is 3.96. The van der Waals surface area contributed by atoms with Gasteiger partial charge in [-0.3, -0.25) is 4.79 Å². The number of hydrogen-bond acceptors (Lipinski definition) is 4. The van der Waals surface area contributed by atoms with Gasteiger partial charge in [0.1, 0.15) is 33.4 Å². The minimum Gasteiger partial charge on any atom is -0.508 e. The highest BCUT2D eigenvalue weighted by Crippen LogP contribution is 2.30. The van der Waals surface area contributed by atoms with E-state index in [4.69, 9.17) is 4.42 Å². The molecule has 0 saturated heterocycles. The van der Waals surface area contributed by atoms with Gasteiger partial charge in [-0.1, -0.05) is 0 Å². The van der Waals surface area contributed by atoms with Crippen molar-refractivity contribution in [1.82, 2.24) is 0 Å². The van der Waals surface area contributed by atoms with Crippen molar-refractivity contribution in [1.29, 1.82) is 0 Å². The molecule has 0 aliphatic carbocycles. The Kier molecular flexibility index (Phi) is 2.22. The number of rotatable bonds is 0. The molecule has 2 aromatic carbocycles. The molecule has 0 amide bonds. The third-order valence-corrected chi connectivity index (χ3v) is 2.80. The average molecular weight is 264 g/mol. The van der Waals surface area contributed by atoms with Crippen LogP contribution in [-0.2, 0) is 0 Å². The van der Waals surface area contributed by atoms with Crippen molar-refractivity contribution in [3.8, 4) is 11.5 Å². The first-order valence-electron chi connectivity index (χ1n) is 5.25. The van der Waals surface area contributed by atoms with Crippen LogP contribution in [0.1, 0.15) is 0 Å². The fraction of sp³-hybridized carbons (Fsp3) is 0. The number of fused-ring (bicyclic) bond motifs is 2. The number of benzene rings is 2. The van der Waals surface area contributed by atoms with E-state index < -0.39 is 28.2 Å². The lowest BCUT2D eigenvalue weighted by molar-refractivity contribution is 0.452. The van der Waals surface area contributed by atoms with Crippen molar-refractivity contribution in [3.63, 3.8) is 0 Å². The Balaban J connectivity index is 2.65. The standard InChI is InChI=1S/C13H6F2O4/c14-6-1-2-8-11(12(6)15)13(18)10-7(17)3-5(16)4-9(10)19-8/h1-4,16-17H. The molecule has 0 radical (unpaired) electrons. The summed E-state index contributed by atoms with van der Waals surface area (Å²) in [7, 11) is 0. The molecule has 0 unspecified atom stereocenters. The summed E-state index contributed by atoms with van der Waals surface area (Å²) in [6.45, 7) is 0. The highest BCUT2D eigenvalue weighted by Gasteiger charge is 2.17. The summed E-state index contributed by atoms with van der Waals surface area (Å²) in [4.78, 5) is 12.1. The fourth-order valence-electron chi connectivity index (χ4n) is 1.97. The first kappa shape index (κ1) is 11.5. The van der Waals surface area contributed by atoms with Crippen LogP contribution in [-0.4, -0.2) is 10.2 Å². The Morgan fingerprint density at radius 1 is 1.00 bits per heavy atom. The molecule has 0 fully saturated rings. The maximum atomic E-state index is 13.6. The summed E-state index contributed by atoms with van der Waals surface area (Å²) in [6.07, 6.45) is 0. The van der Waals surface area contributed by atoms with Crippen LogP contribution in [0.5, 0.6) is 11.5 Å². The van der Waals surface area contributed by atoms with Gasteiger partial charge < -0.3 is 14.6 Å². The van der Waals surface area contributed by atoms with E-state index in [1.54, 1.807) is 0 Å². The first-order chi connectivity index (χ1) is 8.99. The molecule has 3 aromatic rings. The second-order valence-corrected chi connectivity index (χ2v) is 4.00. The van der Waals surface area contributed by atoms with Crippen LogP contribution in [0.3, 0.4) is 0 Å². The molecular formula is C13H6F2O4. The number of halogens is 2. The normalized spacial score (nSPS) is 11.3. The third-order valence-electron chi connectivity index (χ3n) is 2.80. The van der Waals surface area contributed by atoms with Gasteiger partial charge in [0.15, 0.2) is 11.6 Å². The molecule has 0 aliphatic heterocycles. The van der Waals surface area contributed by atoms with E-state index >= 15 is 0 Å². The highest BCUT2D eigenvalue weighted by molar-refractivity contribution is 5.93. The van der Waals surface area contributed by atoms with Gasteiger partial charge in [0.25, 0.3) is 0 Å². The molecule has 6 heteroatoms. The zero-order valence-electron chi connectivity index (χ0n) is 9.28. The number of phenolic OH excluding ortho intramolecular Hbond substituents is 2. The topological polar surface area (TPSA) is 70.7 Å². The highest BCUT2D eigenvalue weighted by atomic mass is 19.2. The number of aromatic hydroxyl groups is 2.